The van der Waals surface area contributed by atoms with Gasteiger partial charge in [-0.05, 0) is 19.9 Å². The zero-order chi connectivity index (χ0) is 7.98. The summed E-state index contributed by atoms with van der Waals surface area (Å²) in [6.45, 7) is 4.62. The molecule has 2 N–H and O–H groups in total. The first-order chi connectivity index (χ1) is 4.72. The molecular formula is C7H17CaNO2. The van der Waals surface area contributed by atoms with Crippen molar-refractivity contribution < 1.29 is 9.53 Å². The Hall–Kier alpha value is 0.690. The summed E-state index contributed by atoms with van der Waals surface area (Å²) < 4.78 is 4.76. The van der Waals surface area contributed by atoms with Crippen molar-refractivity contribution in [1.29, 1.82) is 0 Å². The third kappa shape index (κ3) is 7.06. The average molecular weight is 187 g/mol. The molecule has 0 aromatic rings. The molecule has 11 heavy (non-hydrogen) atoms. The van der Waals surface area contributed by atoms with Crippen molar-refractivity contribution in [2.75, 3.05) is 13.2 Å². The number of rotatable bonds is 4. The van der Waals surface area contributed by atoms with Crippen LogP contribution < -0.4 is 5.73 Å². The van der Waals surface area contributed by atoms with Gasteiger partial charge in [-0.3, -0.25) is 4.79 Å². The Morgan fingerprint density at radius 1 is 1.64 bits per heavy atom. The summed E-state index contributed by atoms with van der Waals surface area (Å²) in [5.41, 5.74) is 5.26. The molecule has 0 aliphatic heterocycles. The molecule has 1 unspecified atom stereocenters. The first kappa shape index (κ1) is 14.2. The predicted octanol–water partition coefficient (Wildman–Crippen LogP) is -0.382. The predicted molar refractivity (Wildman–Crippen MR) is 48.0 cm³/mol. The quantitative estimate of drug-likeness (QED) is 0.482. The summed E-state index contributed by atoms with van der Waals surface area (Å²) >= 11 is 0. The third-order valence-corrected chi connectivity index (χ3v) is 1.29. The van der Waals surface area contributed by atoms with Crippen LogP contribution in [0.5, 0.6) is 0 Å². The second kappa shape index (κ2) is 8.78. The summed E-state index contributed by atoms with van der Waals surface area (Å²) in [7, 11) is 0. The molecule has 0 aromatic carbocycles. The van der Waals surface area contributed by atoms with Gasteiger partial charge < -0.3 is 10.5 Å². The third-order valence-electron chi connectivity index (χ3n) is 1.29. The van der Waals surface area contributed by atoms with Crippen LogP contribution >= 0.6 is 0 Å². The Morgan fingerprint density at radius 2 is 2.18 bits per heavy atom. The maximum atomic E-state index is 10.9. The first-order valence-electron chi connectivity index (χ1n) is 3.59. The molecule has 0 rings (SSSR count). The summed E-state index contributed by atoms with van der Waals surface area (Å²) in [5.74, 6) is -0.196. The van der Waals surface area contributed by atoms with Gasteiger partial charge >= 0.3 is 43.7 Å². The Morgan fingerprint density at radius 3 is 2.55 bits per heavy atom. The van der Waals surface area contributed by atoms with E-state index in [-0.39, 0.29) is 49.6 Å². The van der Waals surface area contributed by atoms with Gasteiger partial charge in [-0.15, -0.1) is 0 Å². The number of carbonyl (C=O) groups is 1. The van der Waals surface area contributed by atoms with Gasteiger partial charge in [-0.25, -0.2) is 0 Å². The number of hydrogen-bond donors (Lipinski definition) is 1. The standard InChI is InChI=1S/C7H15NO2.Ca.2H/c1-3-10-7(9)6(2)4-5-8;;;/h6H,3-5,8H2,1-2H3;;;. The Kier molecular flexibility index (Phi) is 11.4. The molecule has 0 aromatic heterocycles. The zero-order valence-corrected chi connectivity index (χ0v) is 6.59. The summed E-state index contributed by atoms with van der Waals surface area (Å²) in [4.78, 5) is 10.9. The van der Waals surface area contributed by atoms with Crippen LogP contribution in [-0.2, 0) is 9.53 Å². The van der Waals surface area contributed by atoms with Gasteiger partial charge in [-0.1, -0.05) is 6.92 Å². The maximum absolute atomic E-state index is 10.9. The number of nitrogens with two attached hydrogens (primary N) is 1. The molecule has 0 heterocycles. The minimum atomic E-state index is -0.145. The van der Waals surface area contributed by atoms with E-state index in [0.29, 0.717) is 19.6 Å². The van der Waals surface area contributed by atoms with Crippen LogP contribution in [-0.4, -0.2) is 56.9 Å². The number of carbonyl (C=O) groups excluding carboxylic acids is 1. The van der Waals surface area contributed by atoms with Crippen LogP contribution in [0.2, 0.25) is 0 Å². The fourth-order valence-electron chi connectivity index (χ4n) is 0.652. The number of hydrogen-bond acceptors (Lipinski definition) is 3. The van der Waals surface area contributed by atoms with Gasteiger partial charge in [0, 0.05) is 0 Å². The molecule has 0 aliphatic rings. The van der Waals surface area contributed by atoms with Gasteiger partial charge in [0.1, 0.15) is 0 Å². The van der Waals surface area contributed by atoms with E-state index in [1.165, 1.54) is 0 Å². The van der Waals surface area contributed by atoms with Crippen molar-refractivity contribution in [3.8, 4) is 0 Å². The Labute approximate surface area is 97.7 Å². The van der Waals surface area contributed by atoms with Crippen LogP contribution in [0.1, 0.15) is 20.3 Å². The van der Waals surface area contributed by atoms with E-state index >= 15 is 0 Å². The van der Waals surface area contributed by atoms with Crippen LogP contribution in [0, 0.1) is 5.92 Å². The molecule has 0 saturated carbocycles. The molecule has 0 spiro atoms. The van der Waals surface area contributed by atoms with Crippen LogP contribution in [0.4, 0.5) is 0 Å². The van der Waals surface area contributed by atoms with Crippen LogP contribution in [0.15, 0.2) is 0 Å². The summed E-state index contributed by atoms with van der Waals surface area (Å²) in [5, 5.41) is 0. The molecule has 0 amide bonds. The van der Waals surface area contributed by atoms with Gasteiger partial charge in [0.15, 0.2) is 0 Å². The number of esters is 1. The van der Waals surface area contributed by atoms with E-state index in [9.17, 15) is 4.79 Å². The van der Waals surface area contributed by atoms with Gasteiger partial charge in [-0.2, -0.15) is 0 Å². The second-order valence-electron chi connectivity index (χ2n) is 2.23. The fourth-order valence-corrected chi connectivity index (χ4v) is 0.652. The molecule has 64 valence electrons. The topological polar surface area (TPSA) is 52.3 Å². The average Bonchev–Trinajstić information content (AvgIpc) is 1.89. The minimum absolute atomic E-state index is 0. The Bertz CT molecular complexity index is 109. The number of ether oxygens (including phenoxy) is 1. The van der Waals surface area contributed by atoms with E-state index < -0.39 is 0 Å². The van der Waals surface area contributed by atoms with Crippen molar-refractivity contribution in [2.24, 2.45) is 11.7 Å². The molecule has 0 aliphatic carbocycles. The van der Waals surface area contributed by atoms with E-state index in [1.54, 1.807) is 6.92 Å². The van der Waals surface area contributed by atoms with Gasteiger partial charge in [0.05, 0.1) is 12.5 Å². The monoisotopic (exact) mass is 187 g/mol. The fraction of sp³-hybridized carbons (Fsp3) is 0.857. The summed E-state index contributed by atoms with van der Waals surface area (Å²) in [6.07, 6.45) is 0.707. The van der Waals surface area contributed by atoms with Crippen molar-refractivity contribution in [1.82, 2.24) is 0 Å². The van der Waals surface area contributed by atoms with Gasteiger partial charge in [0.2, 0.25) is 0 Å². The van der Waals surface area contributed by atoms with E-state index in [1.807, 2.05) is 6.92 Å². The molecular weight excluding hydrogens is 170 g/mol. The second-order valence-corrected chi connectivity index (χ2v) is 2.23. The van der Waals surface area contributed by atoms with Crippen LogP contribution in [0.25, 0.3) is 0 Å². The molecule has 1 atom stereocenters. The SMILES string of the molecule is CCOC(=O)C(C)CCN.[CaH2]. The van der Waals surface area contributed by atoms with E-state index in [4.69, 9.17) is 10.5 Å². The molecule has 0 radical (unpaired) electrons. The van der Waals surface area contributed by atoms with Gasteiger partial charge in [0.25, 0.3) is 0 Å². The molecule has 0 bridgehead atoms. The molecule has 3 nitrogen and oxygen atoms in total. The Balaban J connectivity index is 0. The van der Waals surface area contributed by atoms with E-state index in [2.05, 4.69) is 0 Å². The summed E-state index contributed by atoms with van der Waals surface area (Å²) in [6, 6.07) is 0. The van der Waals surface area contributed by atoms with Crippen LogP contribution in [0.3, 0.4) is 0 Å². The van der Waals surface area contributed by atoms with Crippen molar-refractivity contribution in [2.45, 2.75) is 20.3 Å². The van der Waals surface area contributed by atoms with E-state index in [0.717, 1.165) is 0 Å². The molecule has 4 heteroatoms. The zero-order valence-electron chi connectivity index (χ0n) is 6.59. The van der Waals surface area contributed by atoms with Crippen molar-refractivity contribution >= 4 is 43.7 Å². The van der Waals surface area contributed by atoms with Crippen molar-refractivity contribution in [3.05, 3.63) is 0 Å². The molecule has 0 saturated heterocycles. The van der Waals surface area contributed by atoms with Crippen molar-refractivity contribution in [3.63, 3.8) is 0 Å². The first-order valence-corrected chi connectivity index (χ1v) is 3.59. The normalized spacial score (nSPS) is 11.5. The molecule has 0 fully saturated rings.